The van der Waals surface area contributed by atoms with E-state index >= 15 is 0 Å². The van der Waals surface area contributed by atoms with Crippen molar-refractivity contribution in [1.82, 2.24) is 0 Å². The molecule has 0 amide bonds. The van der Waals surface area contributed by atoms with E-state index in [4.69, 9.17) is 9.84 Å². The average Bonchev–Trinajstić information content (AvgIpc) is 2.44. The number of aliphatic hydroxyl groups excluding tert-OH is 2. The van der Waals surface area contributed by atoms with E-state index in [0.717, 1.165) is 0 Å². The summed E-state index contributed by atoms with van der Waals surface area (Å²) in [5, 5.41) is 18.0. The number of carbonyl (C=O) groups is 2. The molecule has 0 saturated carbocycles. The maximum absolute atomic E-state index is 11.3. The summed E-state index contributed by atoms with van der Waals surface area (Å²) in [6.07, 6.45) is -3.82. The third-order valence-corrected chi connectivity index (χ3v) is 1.99. The zero-order valence-corrected chi connectivity index (χ0v) is 8.54. The van der Waals surface area contributed by atoms with E-state index in [1.54, 1.807) is 13.8 Å². The third kappa shape index (κ3) is 2.53. The summed E-state index contributed by atoms with van der Waals surface area (Å²) in [4.78, 5) is 22.2. The molecule has 0 aromatic heterocycles. The molecule has 1 rings (SSSR count). The highest BCUT2D eigenvalue weighted by molar-refractivity contribution is 6.37. The maximum Gasteiger partial charge on any atom is 0.378 e. The van der Waals surface area contributed by atoms with E-state index in [1.807, 2.05) is 0 Å². The fourth-order valence-corrected chi connectivity index (χ4v) is 1.33. The highest BCUT2D eigenvalue weighted by Gasteiger charge is 2.48. The number of ketones is 1. The standard InChI is InChI=1S/C9H14O6/c1-4(2)14-8-6(12)9(13)15-7(8)5(11)3-10/h4-5,7-8,10-11H,3H2,1-2H3/t5-,7+,8?/m0/s1. The number of hydrogen-bond acceptors (Lipinski definition) is 6. The van der Waals surface area contributed by atoms with E-state index in [2.05, 4.69) is 4.74 Å². The van der Waals surface area contributed by atoms with Crippen LogP contribution >= 0.6 is 0 Å². The second-order valence-electron chi connectivity index (χ2n) is 3.59. The van der Waals surface area contributed by atoms with Crippen molar-refractivity contribution in [2.45, 2.75) is 38.3 Å². The van der Waals surface area contributed by atoms with Crippen LogP contribution in [0.1, 0.15) is 13.8 Å². The number of Topliss-reactive ketones (excluding diaryl/α,β-unsaturated/α-hetero) is 1. The summed E-state index contributed by atoms with van der Waals surface area (Å²) in [5.41, 5.74) is 0. The molecule has 3 atom stereocenters. The lowest BCUT2D eigenvalue weighted by Crippen LogP contribution is -2.41. The van der Waals surface area contributed by atoms with Gasteiger partial charge in [0.05, 0.1) is 12.7 Å². The first kappa shape index (κ1) is 12.1. The first-order valence-electron chi connectivity index (χ1n) is 4.66. The van der Waals surface area contributed by atoms with Crippen LogP contribution in [0.15, 0.2) is 0 Å². The molecule has 0 aromatic rings. The predicted octanol–water partition coefficient (Wildman–Crippen LogP) is -1.37. The van der Waals surface area contributed by atoms with Crippen molar-refractivity contribution in [3.63, 3.8) is 0 Å². The van der Waals surface area contributed by atoms with E-state index in [9.17, 15) is 14.7 Å². The largest absolute Gasteiger partial charge is 0.450 e. The third-order valence-electron chi connectivity index (χ3n) is 1.99. The van der Waals surface area contributed by atoms with Gasteiger partial charge in [0.15, 0.2) is 12.2 Å². The number of esters is 1. The normalized spacial score (nSPS) is 28.3. The van der Waals surface area contributed by atoms with Crippen LogP contribution in [0.4, 0.5) is 0 Å². The second kappa shape index (κ2) is 4.69. The molecule has 0 aliphatic carbocycles. The fourth-order valence-electron chi connectivity index (χ4n) is 1.33. The predicted molar refractivity (Wildman–Crippen MR) is 48.0 cm³/mol. The first-order valence-corrected chi connectivity index (χ1v) is 4.66. The molecular weight excluding hydrogens is 204 g/mol. The van der Waals surface area contributed by atoms with Gasteiger partial charge in [-0.2, -0.15) is 0 Å². The van der Waals surface area contributed by atoms with Gasteiger partial charge >= 0.3 is 5.97 Å². The van der Waals surface area contributed by atoms with Gasteiger partial charge in [-0.25, -0.2) is 4.79 Å². The smallest absolute Gasteiger partial charge is 0.378 e. The average molecular weight is 218 g/mol. The van der Waals surface area contributed by atoms with Crippen molar-refractivity contribution < 1.29 is 29.3 Å². The van der Waals surface area contributed by atoms with Gasteiger partial charge < -0.3 is 19.7 Å². The molecular formula is C9H14O6. The van der Waals surface area contributed by atoms with Gasteiger partial charge in [-0.3, -0.25) is 4.79 Å². The van der Waals surface area contributed by atoms with Crippen molar-refractivity contribution in [3.8, 4) is 0 Å². The first-order chi connectivity index (χ1) is 6.97. The molecule has 6 heteroatoms. The number of aliphatic hydroxyl groups is 2. The lowest BCUT2D eigenvalue weighted by atomic mass is 10.1. The van der Waals surface area contributed by atoms with Crippen LogP contribution in [0, 0.1) is 0 Å². The maximum atomic E-state index is 11.3. The van der Waals surface area contributed by atoms with Crippen molar-refractivity contribution in [2.75, 3.05) is 6.61 Å². The number of hydrogen-bond donors (Lipinski definition) is 2. The fraction of sp³-hybridized carbons (Fsp3) is 0.778. The molecule has 1 aliphatic rings. The Hall–Kier alpha value is -0.980. The van der Waals surface area contributed by atoms with Gasteiger partial charge in [0, 0.05) is 0 Å². The molecule has 0 aromatic carbocycles. The van der Waals surface area contributed by atoms with Gasteiger partial charge in [-0.15, -0.1) is 0 Å². The summed E-state index contributed by atoms with van der Waals surface area (Å²) in [7, 11) is 0. The molecule has 0 bridgehead atoms. The molecule has 1 aliphatic heterocycles. The summed E-state index contributed by atoms with van der Waals surface area (Å²) < 4.78 is 9.78. The molecule has 1 unspecified atom stereocenters. The Morgan fingerprint density at radius 1 is 1.47 bits per heavy atom. The van der Waals surface area contributed by atoms with Gasteiger partial charge in [-0.1, -0.05) is 0 Å². The van der Waals surface area contributed by atoms with Crippen molar-refractivity contribution in [1.29, 1.82) is 0 Å². The Kier molecular flexibility index (Phi) is 3.78. The Morgan fingerprint density at radius 3 is 2.53 bits per heavy atom. The zero-order chi connectivity index (χ0) is 11.6. The van der Waals surface area contributed by atoms with Crippen molar-refractivity contribution in [3.05, 3.63) is 0 Å². The van der Waals surface area contributed by atoms with Gasteiger partial charge in [-0.05, 0) is 13.8 Å². The van der Waals surface area contributed by atoms with Gasteiger partial charge in [0.2, 0.25) is 0 Å². The minimum absolute atomic E-state index is 0.276. The minimum atomic E-state index is -1.30. The van der Waals surface area contributed by atoms with E-state index in [1.165, 1.54) is 0 Å². The molecule has 86 valence electrons. The summed E-state index contributed by atoms with van der Waals surface area (Å²) in [5.74, 6) is -1.85. The number of cyclic esters (lactones) is 1. The lowest BCUT2D eigenvalue weighted by molar-refractivity contribution is -0.152. The minimum Gasteiger partial charge on any atom is -0.450 e. The highest BCUT2D eigenvalue weighted by Crippen LogP contribution is 2.20. The van der Waals surface area contributed by atoms with Gasteiger partial charge in [0.1, 0.15) is 6.10 Å². The van der Waals surface area contributed by atoms with Crippen LogP contribution in [0.2, 0.25) is 0 Å². The van der Waals surface area contributed by atoms with Crippen LogP contribution in [-0.2, 0) is 19.1 Å². The SMILES string of the molecule is CC(C)OC1C(=O)C(=O)O[C@@H]1[C@@H](O)CO. The van der Waals surface area contributed by atoms with E-state index < -0.39 is 36.7 Å². The highest BCUT2D eigenvalue weighted by atomic mass is 16.6. The molecule has 0 spiro atoms. The van der Waals surface area contributed by atoms with Crippen LogP contribution in [0.3, 0.4) is 0 Å². The molecule has 1 fully saturated rings. The van der Waals surface area contributed by atoms with Gasteiger partial charge in [0.25, 0.3) is 5.78 Å². The Labute approximate surface area is 86.8 Å². The molecule has 2 N–H and O–H groups in total. The summed E-state index contributed by atoms with van der Waals surface area (Å²) >= 11 is 0. The Balaban J connectivity index is 2.77. The van der Waals surface area contributed by atoms with Crippen molar-refractivity contribution in [2.24, 2.45) is 0 Å². The monoisotopic (exact) mass is 218 g/mol. The van der Waals surface area contributed by atoms with Crippen LogP contribution < -0.4 is 0 Å². The van der Waals surface area contributed by atoms with Crippen LogP contribution in [0.5, 0.6) is 0 Å². The molecule has 1 saturated heterocycles. The summed E-state index contributed by atoms with van der Waals surface area (Å²) in [6, 6.07) is 0. The lowest BCUT2D eigenvalue weighted by Gasteiger charge is -2.21. The number of carbonyl (C=O) groups excluding carboxylic acids is 2. The second-order valence-corrected chi connectivity index (χ2v) is 3.59. The van der Waals surface area contributed by atoms with Crippen molar-refractivity contribution >= 4 is 11.8 Å². The van der Waals surface area contributed by atoms with E-state index in [-0.39, 0.29) is 6.10 Å². The molecule has 1 heterocycles. The van der Waals surface area contributed by atoms with Crippen LogP contribution in [0.25, 0.3) is 0 Å². The quantitative estimate of drug-likeness (QED) is 0.446. The summed E-state index contributed by atoms with van der Waals surface area (Å²) in [6.45, 7) is 2.79. The number of rotatable bonds is 4. The molecule has 15 heavy (non-hydrogen) atoms. The number of ether oxygens (including phenoxy) is 2. The molecule has 6 nitrogen and oxygen atoms in total. The van der Waals surface area contributed by atoms with Crippen LogP contribution in [-0.4, -0.2) is 53.0 Å². The molecule has 0 radical (unpaired) electrons. The Bertz CT molecular complexity index is 261. The Morgan fingerprint density at radius 2 is 2.07 bits per heavy atom. The topological polar surface area (TPSA) is 93.1 Å². The van der Waals surface area contributed by atoms with E-state index in [0.29, 0.717) is 0 Å². The zero-order valence-electron chi connectivity index (χ0n) is 8.54.